The highest BCUT2D eigenvalue weighted by atomic mass is 35.5. The summed E-state index contributed by atoms with van der Waals surface area (Å²) in [6, 6.07) is 6.93. The summed E-state index contributed by atoms with van der Waals surface area (Å²) in [6.07, 6.45) is 2.92. The molecule has 24 heavy (non-hydrogen) atoms. The maximum atomic E-state index is 12.5. The van der Waals surface area contributed by atoms with Crippen molar-refractivity contribution < 1.29 is 8.42 Å². The molecule has 0 radical (unpaired) electrons. The van der Waals surface area contributed by atoms with E-state index in [0.29, 0.717) is 6.54 Å². The van der Waals surface area contributed by atoms with Crippen LogP contribution in [-0.4, -0.2) is 33.0 Å². The van der Waals surface area contributed by atoms with Crippen molar-refractivity contribution >= 4 is 33.8 Å². The maximum absolute atomic E-state index is 12.5. The van der Waals surface area contributed by atoms with E-state index in [1.165, 1.54) is 11.3 Å². The summed E-state index contributed by atoms with van der Waals surface area (Å²) >= 11 is 1.52. The number of aryl methyl sites for hydroxylation is 1. The van der Waals surface area contributed by atoms with Crippen LogP contribution in [0.5, 0.6) is 0 Å². The van der Waals surface area contributed by atoms with Crippen LogP contribution in [0.4, 0.5) is 0 Å². The molecular formula is C16H20ClN3O2S2. The van der Waals surface area contributed by atoms with E-state index in [4.69, 9.17) is 0 Å². The molecular weight excluding hydrogens is 366 g/mol. The lowest BCUT2D eigenvalue weighted by atomic mass is 10.1. The molecule has 0 saturated heterocycles. The Morgan fingerprint density at radius 1 is 1.38 bits per heavy atom. The second kappa shape index (κ2) is 8.22. The van der Waals surface area contributed by atoms with Crippen molar-refractivity contribution in [3.05, 3.63) is 47.0 Å². The predicted molar refractivity (Wildman–Crippen MR) is 100 cm³/mol. The quantitative estimate of drug-likeness (QED) is 0.776. The molecule has 1 aliphatic heterocycles. The van der Waals surface area contributed by atoms with Crippen LogP contribution in [0.15, 0.2) is 46.2 Å². The molecule has 5 nitrogen and oxygen atoms in total. The van der Waals surface area contributed by atoms with Crippen LogP contribution in [0, 0.1) is 6.92 Å². The number of halogens is 1. The van der Waals surface area contributed by atoms with Gasteiger partial charge >= 0.3 is 0 Å². The molecule has 2 aromatic rings. The number of aromatic nitrogens is 1. The molecule has 0 aliphatic carbocycles. The van der Waals surface area contributed by atoms with Gasteiger partial charge in [-0.2, -0.15) is 0 Å². The van der Waals surface area contributed by atoms with Crippen molar-refractivity contribution in [3.63, 3.8) is 0 Å². The van der Waals surface area contributed by atoms with Crippen molar-refractivity contribution in [2.75, 3.05) is 19.6 Å². The molecule has 2 heterocycles. The van der Waals surface area contributed by atoms with Crippen LogP contribution in [-0.2, 0) is 10.0 Å². The molecule has 0 atom stereocenters. The third-order valence-corrected chi connectivity index (χ3v) is 6.07. The highest BCUT2D eigenvalue weighted by molar-refractivity contribution is 7.89. The number of thiazole rings is 1. The van der Waals surface area contributed by atoms with Gasteiger partial charge in [-0.15, -0.1) is 23.7 Å². The Morgan fingerprint density at radius 2 is 2.21 bits per heavy atom. The van der Waals surface area contributed by atoms with E-state index < -0.39 is 10.0 Å². The summed E-state index contributed by atoms with van der Waals surface area (Å²) in [5.74, 6) is 0. The van der Waals surface area contributed by atoms with Gasteiger partial charge in [0, 0.05) is 29.7 Å². The van der Waals surface area contributed by atoms with E-state index in [2.05, 4.69) is 15.0 Å². The van der Waals surface area contributed by atoms with Gasteiger partial charge in [-0.1, -0.05) is 23.8 Å². The van der Waals surface area contributed by atoms with Crippen molar-refractivity contribution in [2.45, 2.75) is 18.2 Å². The second-order valence-electron chi connectivity index (χ2n) is 5.46. The number of rotatable bonds is 5. The monoisotopic (exact) mass is 385 g/mol. The fraction of sp³-hybridized carbons (Fsp3) is 0.312. The van der Waals surface area contributed by atoms with E-state index in [1.54, 1.807) is 18.2 Å². The molecule has 0 bridgehead atoms. The normalized spacial score (nSPS) is 14.8. The first-order valence-corrected chi connectivity index (χ1v) is 9.82. The summed E-state index contributed by atoms with van der Waals surface area (Å²) in [4.78, 5) is 4.69. The van der Waals surface area contributed by atoms with E-state index in [0.717, 1.165) is 41.3 Å². The van der Waals surface area contributed by atoms with Crippen LogP contribution in [0.3, 0.4) is 0 Å². The Bertz CT molecular complexity index is 831. The van der Waals surface area contributed by atoms with E-state index in [-0.39, 0.29) is 17.3 Å². The van der Waals surface area contributed by atoms with Gasteiger partial charge in [-0.25, -0.2) is 18.1 Å². The topological polar surface area (TPSA) is 71.1 Å². The first kappa shape index (κ1) is 19.1. The van der Waals surface area contributed by atoms with Crippen molar-refractivity contribution in [1.82, 2.24) is 15.0 Å². The van der Waals surface area contributed by atoms with Crippen LogP contribution in [0.2, 0.25) is 0 Å². The average Bonchev–Trinajstić information content (AvgIpc) is 3.01. The van der Waals surface area contributed by atoms with Gasteiger partial charge in [0.15, 0.2) is 0 Å². The van der Waals surface area contributed by atoms with E-state index in [1.807, 2.05) is 24.4 Å². The van der Waals surface area contributed by atoms with Crippen molar-refractivity contribution in [3.8, 4) is 10.6 Å². The largest absolute Gasteiger partial charge is 0.313 e. The highest BCUT2D eigenvalue weighted by Gasteiger charge is 2.16. The van der Waals surface area contributed by atoms with E-state index >= 15 is 0 Å². The number of nitrogens with zero attached hydrogens (tertiary/aromatic N) is 1. The molecule has 1 aliphatic rings. The SMILES string of the molecule is Cc1csc(-c2cccc(S(=O)(=O)NCC3=CCNCC3)c2)n1.Cl. The molecule has 8 heteroatoms. The van der Waals surface area contributed by atoms with Gasteiger partial charge in [-0.05, 0) is 32.0 Å². The zero-order valence-corrected chi connectivity index (χ0v) is 15.7. The van der Waals surface area contributed by atoms with Gasteiger partial charge in [-0.3, -0.25) is 0 Å². The molecule has 1 aromatic carbocycles. The third kappa shape index (κ3) is 4.64. The van der Waals surface area contributed by atoms with E-state index in [9.17, 15) is 8.42 Å². The molecule has 3 rings (SSSR count). The molecule has 0 amide bonds. The minimum Gasteiger partial charge on any atom is -0.313 e. The molecule has 0 saturated carbocycles. The highest BCUT2D eigenvalue weighted by Crippen LogP contribution is 2.25. The fourth-order valence-corrected chi connectivity index (χ4v) is 4.26. The summed E-state index contributed by atoms with van der Waals surface area (Å²) in [5.41, 5.74) is 2.89. The summed E-state index contributed by atoms with van der Waals surface area (Å²) < 4.78 is 27.7. The molecule has 0 unspecified atom stereocenters. The second-order valence-corrected chi connectivity index (χ2v) is 8.09. The Kier molecular flexibility index (Phi) is 6.54. The zero-order valence-electron chi connectivity index (χ0n) is 13.3. The number of sulfonamides is 1. The summed E-state index contributed by atoms with van der Waals surface area (Å²) in [7, 11) is -3.52. The molecule has 0 fully saturated rings. The number of nitrogens with one attached hydrogen (secondary N) is 2. The summed E-state index contributed by atoms with van der Waals surface area (Å²) in [5, 5.41) is 6.00. The molecule has 1 aromatic heterocycles. The first-order chi connectivity index (χ1) is 11.0. The Balaban J connectivity index is 0.00000208. The Morgan fingerprint density at radius 3 is 2.88 bits per heavy atom. The van der Waals surface area contributed by atoms with Crippen LogP contribution in [0.25, 0.3) is 10.6 Å². The van der Waals surface area contributed by atoms with Gasteiger partial charge < -0.3 is 5.32 Å². The number of benzene rings is 1. The van der Waals surface area contributed by atoms with Crippen LogP contribution < -0.4 is 10.0 Å². The van der Waals surface area contributed by atoms with Crippen LogP contribution in [0.1, 0.15) is 12.1 Å². The lowest BCUT2D eigenvalue weighted by Gasteiger charge is -2.15. The van der Waals surface area contributed by atoms with Gasteiger partial charge in [0.1, 0.15) is 5.01 Å². The first-order valence-electron chi connectivity index (χ1n) is 7.45. The van der Waals surface area contributed by atoms with Gasteiger partial charge in [0.25, 0.3) is 0 Å². The van der Waals surface area contributed by atoms with Crippen LogP contribution >= 0.6 is 23.7 Å². The molecule has 0 spiro atoms. The van der Waals surface area contributed by atoms with Gasteiger partial charge in [0.05, 0.1) is 4.90 Å². The minimum atomic E-state index is -3.52. The standard InChI is InChI=1S/C16H19N3O2S2.ClH/c1-12-11-22-16(19-12)14-3-2-4-15(9-14)23(20,21)18-10-13-5-7-17-8-6-13;/h2-5,9,11,17-18H,6-8,10H2,1H3;1H. The maximum Gasteiger partial charge on any atom is 0.240 e. The Hall–Kier alpha value is -1.25. The fourth-order valence-electron chi connectivity index (χ4n) is 2.38. The summed E-state index contributed by atoms with van der Waals surface area (Å²) in [6.45, 7) is 3.99. The van der Waals surface area contributed by atoms with Gasteiger partial charge in [0.2, 0.25) is 10.0 Å². The minimum absolute atomic E-state index is 0. The lowest BCUT2D eigenvalue weighted by molar-refractivity contribution is 0.582. The average molecular weight is 386 g/mol. The number of hydrogen-bond donors (Lipinski definition) is 2. The predicted octanol–water partition coefficient (Wildman–Crippen LogP) is 2.74. The lowest BCUT2D eigenvalue weighted by Crippen LogP contribution is -2.29. The third-order valence-electron chi connectivity index (χ3n) is 3.66. The molecule has 130 valence electrons. The smallest absolute Gasteiger partial charge is 0.240 e. The molecule has 2 N–H and O–H groups in total. The number of hydrogen-bond acceptors (Lipinski definition) is 5. The van der Waals surface area contributed by atoms with Crippen molar-refractivity contribution in [1.29, 1.82) is 0 Å². The zero-order chi connectivity index (χ0) is 16.3. The van der Waals surface area contributed by atoms with Crippen molar-refractivity contribution in [2.24, 2.45) is 0 Å². The Labute approximate surface area is 152 Å².